The molecule has 0 spiro atoms. The number of rotatable bonds is 4. The second kappa shape index (κ2) is 6.87. The Hall–Kier alpha value is -2.96. The molecule has 0 bridgehead atoms. The van der Waals surface area contributed by atoms with Crippen LogP contribution in [0.5, 0.6) is 11.5 Å². The van der Waals surface area contributed by atoms with Gasteiger partial charge in [0.15, 0.2) is 11.5 Å². The first kappa shape index (κ1) is 15.0. The first-order valence-corrected chi connectivity index (χ1v) is 7.17. The van der Waals surface area contributed by atoms with E-state index >= 15 is 0 Å². The number of carbonyl (C=O) groups excluding carboxylic acids is 1. The van der Waals surface area contributed by atoms with Crippen molar-refractivity contribution in [3.63, 3.8) is 0 Å². The van der Waals surface area contributed by atoms with Crippen LogP contribution in [0.25, 0.3) is 0 Å². The third kappa shape index (κ3) is 3.63. The third-order valence-corrected chi connectivity index (χ3v) is 3.09. The van der Waals surface area contributed by atoms with Gasteiger partial charge in [-0.05, 0) is 37.3 Å². The summed E-state index contributed by atoms with van der Waals surface area (Å²) in [6.45, 7) is 2.65. The van der Waals surface area contributed by atoms with Crippen LogP contribution in [-0.4, -0.2) is 25.3 Å². The molecule has 2 aromatic rings. The van der Waals surface area contributed by atoms with Gasteiger partial charge in [-0.1, -0.05) is 0 Å². The van der Waals surface area contributed by atoms with Gasteiger partial charge in [-0.15, -0.1) is 0 Å². The molecule has 1 N–H and O–H groups in total. The second-order valence-corrected chi connectivity index (χ2v) is 4.66. The summed E-state index contributed by atoms with van der Waals surface area (Å²) in [4.78, 5) is 16.5. The molecular formula is C16H16N2O5. The maximum atomic E-state index is 12.3. The van der Waals surface area contributed by atoms with Crippen molar-refractivity contribution >= 4 is 11.9 Å². The van der Waals surface area contributed by atoms with Gasteiger partial charge in [-0.2, -0.15) is 0 Å². The average molecular weight is 316 g/mol. The highest BCUT2D eigenvalue weighted by molar-refractivity contribution is 6.04. The topological polar surface area (TPSA) is 82.3 Å². The Morgan fingerprint density at radius 1 is 1.30 bits per heavy atom. The van der Waals surface area contributed by atoms with Crippen LogP contribution in [0, 0.1) is 0 Å². The van der Waals surface area contributed by atoms with Crippen molar-refractivity contribution in [2.75, 3.05) is 13.4 Å². The van der Waals surface area contributed by atoms with E-state index in [9.17, 15) is 4.79 Å². The van der Waals surface area contributed by atoms with Crippen LogP contribution >= 0.6 is 0 Å². The summed E-state index contributed by atoms with van der Waals surface area (Å²) >= 11 is 0. The molecule has 1 aromatic carbocycles. The van der Waals surface area contributed by atoms with E-state index in [-0.39, 0.29) is 25.3 Å². The lowest BCUT2D eigenvalue weighted by Gasteiger charge is -2.09. The fourth-order valence-corrected chi connectivity index (χ4v) is 2.02. The lowest BCUT2D eigenvalue weighted by Crippen LogP contribution is -2.32. The molecule has 0 radical (unpaired) electrons. The van der Waals surface area contributed by atoms with Gasteiger partial charge in [0.25, 0.3) is 11.9 Å². The molecular weight excluding hydrogens is 300 g/mol. The molecule has 1 aliphatic heterocycles. The monoisotopic (exact) mass is 316 g/mol. The van der Waals surface area contributed by atoms with E-state index in [1.54, 1.807) is 36.6 Å². The maximum Gasteiger partial charge on any atom is 0.292 e. The number of hydrogen-bond donors (Lipinski definition) is 1. The number of amides is 1. The van der Waals surface area contributed by atoms with E-state index < -0.39 is 0 Å². The molecule has 0 fully saturated rings. The lowest BCUT2D eigenvalue weighted by molar-refractivity contribution is 0.0965. The molecule has 0 saturated carbocycles. The van der Waals surface area contributed by atoms with Crippen molar-refractivity contribution in [1.82, 2.24) is 5.32 Å². The van der Waals surface area contributed by atoms with Gasteiger partial charge in [-0.3, -0.25) is 10.1 Å². The molecule has 7 heteroatoms. The van der Waals surface area contributed by atoms with E-state index in [4.69, 9.17) is 18.6 Å². The van der Waals surface area contributed by atoms with Crippen LogP contribution in [0.2, 0.25) is 0 Å². The van der Waals surface area contributed by atoms with E-state index in [2.05, 4.69) is 10.3 Å². The fourth-order valence-electron chi connectivity index (χ4n) is 2.02. The molecule has 0 atom stereocenters. The SMILES string of the molecule is CCOC(=NCc1ccco1)NC(=O)c1ccc2c(c1)OCO2. The molecule has 23 heavy (non-hydrogen) atoms. The molecule has 0 unspecified atom stereocenters. The number of amidine groups is 1. The highest BCUT2D eigenvalue weighted by Crippen LogP contribution is 2.32. The summed E-state index contributed by atoms with van der Waals surface area (Å²) in [7, 11) is 0. The first-order valence-electron chi connectivity index (χ1n) is 7.17. The van der Waals surface area contributed by atoms with Gasteiger partial charge in [-0.25, -0.2) is 4.99 Å². The van der Waals surface area contributed by atoms with Crippen molar-refractivity contribution < 1.29 is 23.4 Å². The molecule has 1 aliphatic rings. The minimum absolute atomic E-state index is 0.145. The van der Waals surface area contributed by atoms with Gasteiger partial charge in [0, 0.05) is 5.56 Å². The average Bonchev–Trinajstić information content (AvgIpc) is 3.23. The van der Waals surface area contributed by atoms with Crippen LogP contribution in [0.4, 0.5) is 0 Å². The Kier molecular flexibility index (Phi) is 4.46. The van der Waals surface area contributed by atoms with Crippen LogP contribution in [0.15, 0.2) is 46.0 Å². The van der Waals surface area contributed by atoms with Crippen LogP contribution < -0.4 is 14.8 Å². The third-order valence-electron chi connectivity index (χ3n) is 3.09. The Morgan fingerprint density at radius 2 is 2.17 bits per heavy atom. The lowest BCUT2D eigenvalue weighted by atomic mass is 10.2. The van der Waals surface area contributed by atoms with E-state index in [0.29, 0.717) is 29.4 Å². The maximum absolute atomic E-state index is 12.3. The predicted molar refractivity (Wildman–Crippen MR) is 81.5 cm³/mol. The molecule has 2 heterocycles. The molecule has 7 nitrogen and oxygen atoms in total. The highest BCUT2D eigenvalue weighted by Gasteiger charge is 2.17. The van der Waals surface area contributed by atoms with Gasteiger partial charge >= 0.3 is 0 Å². The van der Waals surface area contributed by atoms with Crippen LogP contribution in [-0.2, 0) is 11.3 Å². The van der Waals surface area contributed by atoms with E-state index in [0.717, 1.165) is 0 Å². The summed E-state index contributed by atoms with van der Waals surface area (Å²) in [5.74, 6) is 1.51. The number of fused-ring (bicyclic) bond motifs is 1. The van der Waals surface area contributed by atoms with Gasteiger partial charge in [0.05, 0.1) is 12.9 Å². The minimum atomic E-state index is -0.338. The summed E-state index contributed by atoms with van der Waals surface area (Å²) in [6.07, 6.45) is 1.57. The van der Waals surface area contributed by atoms with Crippen LogP contribution in [0.1, 0.15) is 23.0 Å². The molecule has 3 rings (SSSR count). The molecule has 120 valence electrons. The van der Waals surface area contributed by atoms with Gasteiger partial charge in [0.2, 0.25) is 6.79 Å². The fraction of sp³-hybridized carbons (Fsp3) is 0.250. The summed E-state index contributed by atoms with van der Waals surface area (Å²) in [5, 5.41) is 2.64. The summed E-state index contributed by atoms with van der Waals surface area (Å²) in [5.41, 5.74) is 0.430. The van der Waals surface area contributed by atoms with Crippen LogP contribution in [0.3, 0.4) is 0 Å². The first-order chi connectivity index (χ1) is 11.3. The van der Waals surface area contributed by atoms with Crippen molar-refractivity contribution in [1.29, 1.82) is 0 Å². The number of furan rings is 1. The zero-order valence-electron chi connectivity index (χ0n) is 12.6. The predicted octanol–water partition coefficient (Wildman–Crippen LogP) is 2.33. The second-order valence-electron chi connectivity index (χ2n) is 4.66. The van der Waals surface area contributed by atoms with E-state index in [1.807, 2.05) is 6.92 Å². The number of nitrogens with one attached hydrogen (secondary N) is 1. The number of benzene rings is 1. The molecule has 0 aliphatic carbocycles. The Balaban J connectivity index is 1.69. The zero-order chi connectivity index (χ0) is 16.1. The standard InChI is InChI=1S/C16H16N2O5/c1-2-20-16(17-9-12-4-3-7-21-12)18-15(19)11-5-6-13-14(8-11)23-10-22-13/h3-8H,2,9-10H2,1H3,(H,17,18,19). The Morgan fingerprint density at radius 3 is 2.96 bits per heavy atom. The normalized spacial score (nSPS) is 13.0. The van der Waals surface area contributed by atoms with Crippen molar-refractivity contribution in [2.24, 2.45) is 4.99 Å². The quantitative estimate of drug-likeness (QED) is 0.691. The summed E-state index contributed by atoms with van der Waals surface area (Å²) in [6, 6.07) is 8.68. The van der Waals surface area contributed by atoms with E-state index in [1.165, 1.54) is 0 Å². The van der Waals surface area contributed by atoms with Crippen molar-refractivity contribution in [2.45, 2.75) is 13.5 Å². The number of aliphatic imine (C=N–C) groups is 1. The Bertz CT molecular complexity index is 709. The van der Waals surface area contributed by atoms with Crippen molar-refractivity contribution in [3.05, 3.63) is 47.9 Å². The Labute approximate surface area is 132 Å². The smallest absolute Gasteiger partial charge is 0.292 e. The van der Waals surface area contributed by atoms with Crippen molar-refractivity contribution in [3.8, 4) is 11.5 Å². The molecule has 0 saturated heterocycles. The highest BCUT2D eigenvalue weighted by atomic mass is 16.7. The molecule has 1 aromatic heterocycles. The van der Waals surface area contributed by atoms with Gasteiger partial charge in [0.1, 0.15) is 12.3 Å². The number of hydrogen-bond acceptors (Lipinski definition) is 6. The zero-order valence-corrected chi connectivity index (χ0v) is 12.6. The number of ether oxygens (including phenoxy) is 3. The molecule has 1 amide bonds. The number of nitrogens with zero attached hydrogens (tertiary/aromatic N) is 1. The number of carbonyl (C=O) groups is 1. The minimum Gasteiger partial charge on any atom is -0.467 e. The summed E-state index contributed by atoms with van der Waals surface area (Å²) < 4.78 is 21.0. The largest absolute Gasteiger partial charge is 0.467 e. The van der Waals surface area contributed by atoms with Gasteiger partial charge < -0.3 is 18.6 Å².